The molecule has 3 aromatic rings. The fourth-order valence-corrected chi connectivity index (χ4v) is 3.43. The van der Waals surface area contributed by atoms with Crippen molar-refractivity contribution in [3.05, 3.63) is 66.4 Å². The molecule has 7 nitrogen and oxygen atoms in total. The minimum atomic E-state index is -0.645. The Balaban J connectivity index is 1.40. The van der Waals surface area contributed by atoms with Crippen LogP contribution >= 0.6 is 0 Å². The first-order valence-corrected chi connectivity index (χ1v) is 9.49. The first-order chi connectivity index (χ1) is 14.2. The van der Waals surface area contributed by atoms with E-state index in [-0.39, 0.29) is 18.2 Å². The van der Waals surface area contributed by atoms with Gasteiger partial charge in [0.15, 0.2) is 0 Å². The van der Waals surface area contributed by atoms with Gasteiger partial charge in [-0.2, -0.15) is 5.10 Å². The third-order valence-electron chi connectivity index (χ3n) is 4.99. The van der Waals surface area contributed by atoms with Gasteiger partial charge in [-0.3, -0.25) is 9.59 Å². The second-order valence-electron chi connectivity index (χ2n) is 6.87. The van der Waals surface area contributed by atoms with Crippen LogP contribution in [0.4, 0.5) is 5.82 Å². The van der Waals surface area contributed by atoms with Crippen molar-refractivity contribution in [1.82, 2.24) is 15.1 Å². The number of hydrogen-bond acceptors (Lipinski definition) is 4. The van der Waals surface area contributed by atoms with Crippen molar-refractivity contribution in [3.63, 3.8) is 0 Å². The topological polar surface area (TPSA) is 85.2 Å². The number of anilines is 1. The summed E-state index contributed by atoms with van der Waals surface area (Å²) in [6.45, 7) is 0.528. The molecule has 2 N–H and O–H groups in total. The van der Waals surface area contributed by atoms with Crippen molar-refractivity contribution in [2.24, 2.45) is 0 Å². The maximum absolute atomic E-state index is 12.4. The summed E-state index contributed by atoms with van der Waals surface area (Å²) in [6.07, 6.45) is 2.51. The summed E-state index contributed by atoms with van der Waals surface area (Å²) in [5, 5.41) is 10.1. The average Bonchev–Trinajstić information content (AvgIpc) is 3.28. The summed E-state index contributed by atoms with van der Waals surface area (Å²) in [5.41, 5.74) is 2.89. The van der Waals surface area contributed by atoms with Gasteiger partial charge < -0.3 is 15.4 Å². The third-order valence-corrected chi connectivity index (χ3v) is 4.99. The van der Waals surface area contributed by atoms with Crippen LogP contribution in [0.5, 0.6) is 5.75 Å². The molecule has 7 heteroatoms. The number of amides is 2. The van der Waals surface area contributed by atoms with Crippen LogP contribution in [0, 0.1) is 0 Å². The van der Waals surface area contributed by atoms with Gasteiger partial charge in [0.1, 0.15) is 17.6 Å². The van der Waals surface area contributed by atoms with Crippen molar-refractivity contribution in [3.8, 4) is 16.9 Å². The molecular weight excluding hydrogens is 368 g/mol. The molecule has 1 aromatic heterocycles. The maximum atomic E-state index is 12.4. The Labute approximate surface area is 168 Å². The summed E-state index contributed by atoms with van der Waals surface area (Å²) in [4.78, 5) is 24.8. The SMILES string of the molecule is COc1ccc(-c2cnn3c2NC(=O)C3CC(=O)NCCc2ccccc2)cc1. The molecule has 0 saturated carbocycles. The van der Waals surface area contributed by atoms with E-state index in [0.29, 0.717) is 12.4 Å². The molecule has 0 bridgehead atoms. The van der Waals surface area contributed by atoms with Gasteiger partial charge in [-0.25, -0.2) is 4.68 Å². The number of benzene rings is 2. The molecule has 2 amide bonds. The number of ether oxygens (including phenoxy) is 1. The minimum absolute atomic E-state index is 0.0529. The standard InChI is InChI=1S/C22H22N4O3/c1-29-17-9-7-16(8-10-17)18-14-24-26-19(22(28)25-21(18)26)13-20(27)23-12-11-15-5-3-2-4-6-15/h2-10,14,19H,11-13H2,1H3,(H,23,27)(H,25,28). The lowest BCUT2D eigenvalue weighted by atomic mass is 10.1. The van der Waals surface area contributed by atoms with E-state index in [1.807, 2.05) is 54.6 Å². The van der Waals surface area contributed by atoms with E-state index >= 15 is 0 Å². The van der Waals surface area contributed by atoms with Gasteiger partial charge >= 0.3 is 0 Å². The van der Waals surface area contributed by atoms with Gasteiger partial charge in [0.2, 0.25) is 5.91 Å². The van der Waals surface area contributed by atoms with Crippen molar-refractivity contribution in [2.75, 3.05) is 19.0 Å². The number of rotatable bonds is 7. The van der Waals surface area contributed by atoms with Crippen LogP contribution < -0.4 is 15.4 Å². The highest BCUT2D eigenvalue weighted by molar-refractivity contribution is 6.02. The Morgan fingerprint density at radius 2 is 1.93 bits per heavy atom. The number of fused-ring (bicyclic) bond motifs is 1. The van der Waals surface area contributed by atoms with E-state index in [4.69, 9.17) is 4.74 Å². The molecule has 0 aliphatic carbocycles. The van der Waals surface area contributed by atoms with Gasteiger partial charge in [-0.15, -0.1) is 0 Å². The third kappa shape index (κ3) is 3.99. The molecule has 29 heavy (non-hydrogen) atoms. The van der Waals surface area contributed by atoms with Crippen molar-refractivity contribution >= 4 is 17.6 Å². The van der Waals surface area contributed by atoms with E-state index in [9.17, 15) is 9.59 Å². The van der Waals surface area contributed by atoms with Gasteiger partial charge in [0.05, 0.1) is 19.7 Å². The highest BCUT2D eigenvalue weighted by Crippen LogP contribution is 2.36. The molecule has 0 radical (unpaired) electrons. The predicted molar refractivity (Wildman–Crippen MR) is 110 cm³/mol. The summed E-state index contributed by atoms with van der Waals surface area (Å²) < 4.78 is 6.78. The zero-order valence-electron chi connectivity index (χ0n) is 16.1. The second-order valence-corrected chi connectivity index (χ2v) is 6.87. The minimum Gasteiger partial charge on any atom is -0.497 e. The largest absolute Gasteiger partial charge is 0.497 e. The predicted octanol–water partition coefficient (Wildman–Crippen LogP) is 2.80. The highest BCUT2D eigenvalue weighted by atomic mass is 16.5. The Morgan fingerprint density at radius 3 is 2.66 bits per heavy atom. The van der Waals surface area contributed by atoms with E-state index in [0.717, 1.165) is 28.9 Å². The van der Waals surface area contributed by atoms with E-state index < -0.39 is 6.04 Å². The highest BCUT2D eigenvalue weighted by Gasteiger charge is 2.34. The molecule has 2 aromatic carbocycles. The molecule has 148 valence electrons. The number of methoxy groups -OCH3 is 1. The van der Waals surface area contributed by atoms with Crippen LogP contribution in [0.15, 0.2) is 60.8 Å². The normalized spacial score (nSPS) is 14.9. The average molecular weight is 390 g/mol. The molecular formula is C22H22N4O3. The van der Waals surface area contributed by atoms with Crippen LogP contribution in [0.1, 0.15) is 18.0 Å². The summed E-state index contributed by atoms with van der Waals surface area (Å²) in [7, 11) is 1.61. The molecule has 1 unspecified atom stereocenters. The quantitative estimate of drug-likeness (QED) is 0.650. The number of nitrogens with zero attached hydrogens (tertiary/aromatic N) is 2. The molecule has 2 heterocycles. The number of carbonyl (C=O) groups is 2. The van der Waals surface area contributed by atoms with Crippen molar-refractivity contribution in [1.29, 1.82) is 0 Å². The lowest BCUT2D eigenvalue weighted by Gasteiger charge is -2.10. The van der Waals surface area contributed by atoms with Crippen molar-refractivity contribution in [2.45, 2.75) is 18.9 Å². The maximum Gasteiger partial charge on any atom is 0.251 e. The summed E-state index contributed by atoms with van der Waals surface area (Å²) in [5.74, 6) is 0.977. The van der Waals surface area contributed by atoms with Crippen LogP contribution in [-0.2, 0) is 16.0 Å². The molecule has 0 fully saturated rings. The van der Waals surface area contributed by atoms with Crippen molar-refractivity contribution < 1.29 is 14.3 Å². The zero-order valence-corrected chi connectivity index (χ0v) is 16.1. The second kappa shape index (κ2) is 8.18. The lowest BCUT2D eigenvalue weighted by molar-refractivity contribution is -0.126. The fourth-order valence-electron chi connectivity index (χ4n) is 3.43. The number of hydrogen-bond donors (Lipinski definition) is 2. The number of carbonyl (C=O) groups excluding carboxylic acids is 2. The molecule has 1 aliphatic heterocycles. The van der Waals surface area contributed by atoms with Gasteiger partial charge in [0.25, 0.3) is 5.91 Å². The van der Waals surface area contributed by atoms with E-state index in [1.54, 1.807) is 18.0 Å². The summed E-state index contributed by atoms with van der Waals surface area (Å²) in [6, 6.07) is 16.8. The first-order valence-electron chi connectivity index (χ1n) is 9.49. The zero-order chi connectivity index (χ0) is 20.2. The molecule has 1 aliphatic rings. The Hall–Kier alpha value is -3.61. The number of aromatic nitrogens is 2. The summed E-state index contributed by atoms with van der Waals surface area (Å²) >= 11 is 0. The van der Waals surface area contributed by atoms with E-state index in [1.165, 1.54) is 0 Å². The molecule has 4 rings (SSSR count). The van der Waals surface area contributed by atoms with E-state index in [2.05, 4.69) is 15.7 Å². The van der Waals surface area contributed by atoms with Crippen LogP contribution in [0.3, 0.4) is 0 Å². The monoisotopic (exact) mass is 390 g/mol. The number of nitrogens with one attached hydrogen (secondary N) is 2. The van der Waals surface area contributed by atoms with Crippen LogP contribution in [0.25, 0.3) is 11.1 Å². The van der Waals surface area contributed by atoms with Gasteiger partial charge in [0, 0.05) is 12.1 Å². The molecule has 0 spiro atoms. The van der Waals surface area contributed by atoms with Crippen LogP contribution in [-0.4, -0.2) is 35.2 Å². The van der Waals surface area contributed by atoms with Gasteiger partial charge in [-0.1, -0.05) is 42.5 Å². The Morgan fingerprint density at radius 1 is 1.17 bits per heavy atom. The van der Waals surface area contributed by atoms with Gasteiger partial charge in [-0.05, 0) is 29.7 Å². The Bertz CT molecular complexity index is 1010. The molecule has 1 atom stereocenters. The smallest absolute Gasteiger partial charge is 0.251 e. The lowest BCUT2D eigenvalue weighted by Crippen LogP contribution is -2.30. The Kier molecular flexibility index (Phi) is 5.29. The first kappa shape index (κ1) is 18.7. The fraction of sp³-hybridized carbons (Fsp3) is 0.227. The van der Waals surface area contributed by atoms with Crippen LogP contribution in [0.2, 0.25) is 0 Å². The molecule has 0 saturated heterocycles.